The first kappa shape index (κ1) is 27.3. The van der Waals surface area contributed by atoms with Crippen molar-refractivity contribution in [1.82, 2.24) is 9.80 Å². The second-order valence-corrected chi connectivity index (χ2v) is 12.3. The summed E-state index contributed by atoms with van der Waals surface area (Å²) < 4.78 is 13.2. The number of carbonyl (C=O) groups is 1. The average Bonchev–Trinajstić information content (AvgIpc) is 3.31. The molecule has 3 fully saturated rings. The summed E-state index contributed by atoms with van der Waals surface area (Å²) >= 11 is 0. The highest BCUT2D eigenvalue weighted by molar-refractivity contribution is 5.69. The lowest BCUT2D eigenvalue weighted by Gasteiger charge is -2.36. The van der Waals surface area contributed by atoms with Gasteiger partial charge in [0.15, 0.2) is 0 Å². The molecule has 2 aromatic rings. The molecule has 3 aliphatic rings. The molecule has 1 heterocycles. The fourth-order valence-electron chi connectivity index (χ4n) is 7.26. The lowest BCUT2D eigenvalue weighted by atomic mass is 9.84. The number of benzene rings is 2. The molecule has 2 aliphatic carbocycles. The normalized spacial score (nSPS) is 25.1. The lowest BCUT2D eigenvalue weighted by molar-refractivity contribution is -0.139. The van der Waals surface area contributed by atoms with E-state index < -0.39 is 5.97 Å². The largest absolute Gasteiger partial charge is 0.480 e. The Kier molecular flexibility index (Phi) is 9.50. The zero-order valence-electron chi connectivity index (χ0n) is 22.8. The maximum absolute atomic E-state index is 13.2. The van der Waals surface area contributed by atoms with Crippen LogP contribution in [0.25, 0.3) is 0 Å². The zero-order valence-corrected chi connectivity index (χ0v) is 22.8. The van der Waals surface area contributed by atoms with E-state index in [1.807, 2.05) is 12.1 Å². The molecule has 0 amide bonds. The minimum atomic E-state index is -0.689. The predicted molar refractivity (Wildman–Crippen MR) is 151 cm³/mol. The number of carboxylic acids is 1. The van der Waals surface area contributed by atoms with Crippen LogP contribution in [0, 0.1) is 23.6 Å². The number of piperidine rings is 1. The van der Waals surface area contributed by atoms with Gasteiger partial charge in [0.05, 0.1) is 6.54 Å². The molecule has 3 atom stereocenters. The van der Waals surface area contributed by atoms with Gasteiger partial charge in [0.1, 0.15) is 5.82 Å². The van der Waals surface area contributed by atoms with Crippen LogP contribution in [0.4, 0.5) is 4.39 Å². The van der Waals surface area contributed by atoms with Crippen LogP contribution in [0.1, 0.15) is 74.8 Å². The third-order valence-corrected chi connectivity index (χ3v) is 9.66. The van der Waals surface area contributed by atoms with Crippen LogP contribution in [0.5, 0.6) is 0 Å². The van der Waals surface area contributed by atoms with Crippen molar-refractivity contribution in [3.63, 3.8) is 0 Å². The fourth-order valence-corrected chi connectivity index (χ4v) is 7.26. The molecule has 0 spiro atoms. The SMILES string of the molecule is O=C(O)CN(CC1CCC1)C1CC(CN2CCC(CCCc3ccc(F)cc3)CC2)C(c2ccccc2)C1. The van der Waals surface area contributed by atoms with Crippen LogP contribution in [-0.2, 0) is 11.2 Å². The monoisotopic (exact) mass is 520 g/mol. The third kappa shape index (κ3) is 7.45. The quantitative estimate of drug-likeness (QED) is 0.342. The number of rotatable bonds is 12. The van der Waals surface area contributed by atoms with Crippen LogP contribution in [0.15, 0.2) is 54.6 Å². The van der Waals surface area contributed by atoms with Crippen molar-refractivity contribution >= 4 is 5.97 Å². The van der Waals surface area contributed by atoms with Crippen molar-refractivity contribution in [2.75, 3.05) is 32.7 Å². The third-order valence-electron chi connectivity index (χ3n) is 9.66. The van der Waals surface area contributed by atoms with Gasteiger partial charge in [0, 0.05) is 19.1 Å². The minimum absolute atomic E-state index is 0.155. The summed E-state index contributed by atoms with van der Waals surface area (Å²) in [6.45, 7) is 4.60. The highest BCUT2D eigenvalue weighted by Crippen LogP contribution is 2.43. The lowest BCUT2D eigenvalue weighted by Crippen LogP contribution is -2.42. The highest BCUT2D eigenvalue weighted by Gasteiger charge is 2.40. The van der Waals surface area contributed by atoms with E-state index >= 15 is 0 Å². The van der Waals surface area contributed by atoms with Gasteiger partial charge in [0.2, 0.25) is 0 Å². The maximum Gasteiger partial charge on any atom is 0.317 e. The van der Waals surface area contributed by atoms with Crippen LogP contribution >= 0.6 is 0 Å². The summed E-state index contributed by atoms with van der Waals surface area (Å²) in [6.07, 6.45) is 12.0. The van der Waals surface area contributed by atoms with Crippen molar-refractivity contribution < 1.29 is 14.3 Å². The second kappa shape index (κ2) is 13.2. The summed E-state index contributed by atoms with van der Waals surface area (Å²) in [5.74, 6) is 1.72. The molecule has 0 bridgehead atoms. The van der Waals surface area contributed by atoms with E-state index in [0.29, 0.717) is 23.8 Å². The summed E-state index contributed by atoms with van der Waals surface area (Å²) in [5, 5.41) is 9.65. The van der Waals surface area contributed by atoms with Gasteiger partial charge in [-0.15, -0.1) is 0 Å². The van der Waals surface area contributed by atoms with Gasteiger partial charge in [-0.2, -0.15) is 0 Å². The summed E-state index contributed by atoms with van der Waals surface area (Å²) in [7, 11) is 0. The Bertz CT molecular complexity index is 1000. The van der Waals surface area contributed by atoms with Gasteiger partial charge in [0.25, 0.3) is 0 Å². The van der Waals surface area contributed by atoms with E-state index in [4.69, 9.17) is 0 Å². The highest BCUT2D eigenvalue weighted by atomic mass is 19.1. The van der Waals surface area contributed by atoms with Crippen LogP contribution in [-0.4, -0.2) is 59.6 Å². The number of aliphatic carboxylic acids is 1. The van der Waals surface area contributed by atoms with Gasteiger partial charge in [-0.05, 0) is 111 Å². The van der Waals surface area contributed by atoms with Gasteiger partial charge >= 0.3 is 5.97 Å². The van der Waals surface area contributed by atoms with E-state index in [2.05, 4.69) is 40.1 Å². The molecule has 1 aliphatic heterocycles. The summed E-state index contributed by atoms with van der Waals surface area (Å²) in [4.78, 5) is 16.7. The molecule has 2 aromatic carbocycles. The van der Waals surface area contributed by atoms with Gasteiger partial charge in [-0.1, -0.05) is 55.3 Å². The summed E-state index contributed by atoms with van der Waals surface area (Å²) in [6, 6.07) is 18.3. The molecular weight excluding hydrogens is 475 g/mol. The topological polar surface area (TPSA) is 43.8 Å². The Labute approximate surface area is 228 Å². The second-order valence-electron chi connectivity index (χ2n) is 12.3. The number of hydrogen-bond donors (Lipinski definition) is 1. The average molecular weight is 521 g/mol. The van der Waals surface area contributed by atoms with E-state index in [0.717, 1.165) is 38.3 Å². The first-order chi connectivity index (χ1) is 18.5. The molecule has 0 aromatic heterocycles. The van der Waals surface area contributed by atoms with Crippen molar-refractivity contribution in [3.05, 3.63) is 71.5 Å². The van der Waals surface area contributed by atoms with Crippen LogP contribution < -0.4 is 0 Å². The molecule has 5 heteroatoms. The summed E-state index contributed by atoms with van der Waals surface area (Å²) in [5.41, 5.74) is 2.66. The first-order valence-corrected chi connectivity index (χ1v) is 15.0. The van der Waals surface area contributed by atoms with Crippen LogP contribution in [0.3, 0.4) is 0 Å². The standard InChI is InChI=1S/C33H45FN2O2/c34-30-14-12-25(13-15-30)6-4-7-26-16-18-35(19-17-26)23-29-20-31(21-32(29)28-10-2-1-3-11-28)36(24-33(37)38)22-27-8-5-9-27/h1-3,10-15,26-27,29,31-32H,4-9,16-24H2,(H,37,38). The number of likely N-dealkylation sites (tertiary alicyclic amines) is 1. The molecule has 4 nitrogen and oxygen atoms in total. The molecule has 5 rings (SSSR count). The van der Waals surface area contributed by atoms with E-state index in [-0.39, 0.29) is 12.4 Å². The molecule has 206 valence electrons. The molecule has 0 radical (unpaired) electrons. The predicted octanol–water partition coefficient (Wildman–Crippen LogP) is 6.61. The van der Waals surface area contributed by atoms with Gasteiger partial charge < -0.3 is 10.0 Å². The Hall–Kier alpha value is -2.24. The molecular formula is C33H45FN2O2. The number of halogens is 1. The number of hydrogen-bond acceptors (Lipinski definition) is 3. The fraction of sp³-hybridized carbons (Fsp3) is 0.606. The van der Waals surface area contributed by atoms with E-state index in [1.54, 1.807) is 12.1 Å². The van der Waals surface area contributed by atoms with Crippen molar-refractivity contribution in [2.45, 2.75) is 76.2 Å². The number of nitrogens with zero attached hydrogens (tertiary/aromatic N) is 2. The first-order valence-electron chi connectivity index (χ1n) is 15.0. The smallest absolute Gasteiger partial charge is 0.317 e. The van der Waals surface area contributed by atoms with E-state index in [1.165, 1.54) is 69.2 Å². The van der Waals surface area contributed by atoms with Gasteiger partial charge in [-0.3, -0.25) is 9.69 Å². The van der Waals surface area contributed by atoms with Crippen LogP contribution in [0.2, 0.25) is 0 Å². The van der Waals surface area contributed by atoms with Crippen molar-refractivity contribution in [3.8, 4) is 0 Å². The Balaban J connectivity index is 1.15. The molecule has 38 heavy (non-hydrogen) atoms. The molecule has 3 unspecified atom stereocenters. The molecule has 1 N–H and O–H groups in total. The Morgan fingerprint density at radius 1 is 0.947 bits per heavy atom. The minimum Gasteiger partial charge on any atom is -0.480 e. The van der Waals surface area contributed by atoms with Crippen molar-refractivity contribution in [2.24, 2.45) is 17.8 Å². The van der Waals surface area contributed by atoms with Crippen molar-refractivity contribution in [1.29, 1.82) is 0 Å². The van der Waals surface area contributed by atoms with E-state index in [9.17, 15) is 14.3 Å². The molecule has 2 saturated carbocycles. The Morgan fingerprint density at radius 3 is 2.34 bits per heavy atom. The maximum atomic E-state index is 13.2. The number of aryl methyl sites for hydroxylation is 1. The van der Waals surface area contributed by atoms with Gasteiger partial charge in [-0.25, -0.2) is 4.39 Å². The number of carboxylic acid groups (broad SMARTS) is 1. The Morgan fingerprint density at radius 2 is 1.68 bits per heavy atom. The molecule has 1 saturated heterocycles. The zero-order chi connectivity index (χ0) is 26.3.